The molecule has 0 bridgehead atoms. The summed E-state index contributed by atoms with van der Waals surface area (Å²) in [5.74, 6) is -0.580. The van der Waals surface area contributed by atoms with Gasteiger partial charge >= 0.3 is 5.97 Å². The van der Waals surface area contributed by atoms with Gasteiger partial charge < -0.3 is 20.3 Å². The zero-order valence-electron chi connectivity index (χ0n) is 14.7. The minimum Gasteiger partial charge on any atom is -0.512 e. The minimum absolute atomic E-state index is 0.0962. The summed E-state index contributed by atoms with van der Waals surface area (Å²) in [5.41, 5.74) is 4.04. The number of benzene rings is 2. The van der Waals surface area contributed by atoms with E-state index >= 15 is 0 Å². The molecule has 4 N–H and O–H groups in total. The predicted molar refractivity (Wildman–Crippen MR) is 105 cm³/mol. The van der Waals surface area contributed by atoms with Crippen molar-refractivity contribution in [3.05, 3.63) is 77.4 Å². The van der Waals surface area contributed by atoms with Gasteiger partial charge in [-0.15, -0.1) is 0 Å². The van der Waals surface area contributed by atoms with E-state index in [9.17, 15) is 20.1 Å². The highest BCUT2D eigenvalue weighted by atomic mass is 16.4. The number of nitrogens with one attached hydrogen (secondary N) is 1. The molecule has 1 aliphatic carbocycles. The molecule has 0 saturated carbocycles. The smallest absolute Gasteiger partial charge is 0.337 e. The molecule has 3 aromatic rings. The number of carbonyl (C=O) groups is 1. The van der Waals surface area contributed by atoms with Crippen molar-refractivity contribution in [3.8, 4) is 11.1 Å². The van der Waals surface area contributed by atoms with E-state index in [0.29, 0.717) is 17.4 Å². The summed E-state index contributed by atoms with van der Waals surface area (Å²) >= 11 is 0. The van der Waals surface area contributed by atoms with Crippen LogP contribution < -0.4 is 0 Å². The zero-order chi connectivity index (χ0) is 19.1. The Hall–Kier alpha value is -3.47. The molecule has 1 heterocycles. The summed E-state index contributed by atoms with van der Waals surface area (Å²) in [6.45, 7) is 1.94. The molecule has 1 unspecified atom stereocenters. The van der Waals surface area contributed by atoms with Gasteiger partial charge in [0.15, 0.2) is 0 Å². The van der Waals surface area contributed by atoms with E-state index in [1.54, 1.807) is 6.08 Å². The number of aromatic nitrogens is 1. The Balaban J connectivity index is 1.72. The first kappa shape index (κ1) is 17.0. The molecule has 4 rings (SSSR count). The number of fused-ring (bicyclic) bond motifs is 1. The largest absolute Gasteiger partial charge is 0.512 e. The summed E-state index contributed by atoms with van der Waals surface area (Å²) in [7, 11) is 0. The Labute approximate surface area is 155 Å². The van der Waals surface area contributed by atoms with Crippen LogP contribution in [0.25, 0.3) is 27.6 Å². The number of H-pyrrole nitrogens is 1. The van der Waals surface area contributed by atoms with Crippen molar-refractivity contribution in [1.29, 1.82) is 0 Å². The molecule has 1 atom stereocenters. The highest BCUT2D eigenvalue weighted by Crippen LogP contribution is 2.34. The van der Waals surface area contributed by atoms with Crippen LogP contribution in [0.5, 0.6) is 0 Å². The van der Waals surface area contributed by atoms with Crippen molar-refractivity contribution < 1.29 is 20.1 Å². The normalized spacial score (nSPS) is 17.2. The number of rotatable bonds is 3. The minimum atomic E-state index is -0.968. The fraction of sp³-hybridized carbons (Fsp3) is 0.136. The molecule has 0 saturated heterocycles. The van der Waals surface area contributed by atoms with Crippen LogP contribution in [0.1, 0.15) is 29.3 Å². The molecule has 2 aromatic carbocycles. The second kappa shape index (κ2) is 6.36. The van der Waals surface area contributed by atoms with Crippen LogP contribution in [-0.4, -0.2) is 26.3 Å². The third kappa shape index (κ3) is 2.97. The number of allylic oxidation sites excluding steroid dienone is 3. The van der Waals surface area contributed by atoms with Crippen LogP contribution in [0.4, 0.5) is 0 Å². The summed E-state index contributed by atoms with van der Waals surface area (Å²) in [6.07, 6.45) is 3.74. The average Bonchev–Trinajstić information content (AvgIpc) is 3.05. The summed E-state index contributed by atoms with van der Waals surface area (Å²) in [4.78, 5) is 14.3. The lowest BCUT2D eigenvalue weighted by atomic mass is 9.90. The van der Waals surface area contributed by atoms with Crippen molar-refractivity contribution in [2.45, 2.75) is 13.3 Å². The van der Waals surface area contributed by atoms with Crippen molar-refractivity contribution in [3.63, 3.8) is 0 Å². The average molecular weight is 361 g/mol. The van der Waals surface area contributed by atoms with Crippen molar-refractivity contribution in [2.24, 2.45) is 5.92 Å². The molecule has 0 radical (unpaired) electrons. The van der Waals surface area contributed by atoms with Gasteiger partial charge in [-0.3, -0.25) is 0 Å². The first-order valence-electron chi connectivity index (χ1n) is 8.72. The molecule has 0 aliphatic heterocycles. The van der Waals surface area contributed by atoms with Gasteiger partial charge in [0.2, 0.25) is 0 Å². The van der Waals surface area contributed by atoms with Crippen molar-refractivity contribution in [2.75, 3.05) is 0 Å². The van der Waals surface area contributed by atoms with E-state index < -0.39 is 5.97 Å². The van der Waals surface area contributed by atoms with Crippen molar-refractivity contribution >= 4 is 22.4 Å². The number of carboxylic acids is 1. The lowest BCUT2D eigenvalue weighted by Crippen LogP contribution is -2.06. The Morgan fingerprint density at radius 2 is 1.70 bits per heavy atom. The molecular weight excluding hydrogens is 342 g/mol. The van der Waals surface area contributed by atoms with Gasteiger partial charge in [-0.1, -0.05) is 37.3 Å². The van der Waals surface area contributed by atoms with Gasteiger partial charge in [0.1, 0.15) is 11.5 Å². The predicted octanol–water partition coefficient (Wildman–Crippen LogP) is 5.28. The highest BCUT2D eigenvalue weighted by molar-refractivity contribution is 6.04. The Bertz CT molecular complexity index is 1100. The zero-order valence-corrected chi connectivity index (χ0v) is 14.7. The van der Waals surface area contributed by atoms with E-state index in [2.05, 4.69) is 4.98 Å². The number of hydrogen-bond donors (Lipinski definition) is 4. The summed E-state index contributed by atoms with van der Waals surface area (Å²) in [6, 6.07) is 13.1. The highest BCUT2D eigenvalue weighted by Gasteiger charge is 2.20. The quantitative estimate of drug-likeness (QED) is 0.510. The topological polar surface area (TPSA) is 93.5 Å². The van der Waals surface area contributed by atoms with Crippen LogP contribution in [-0.2, 0) is 0 Å². The second-order valence-electron chi connectivity index (χ2n) is 6.90. The van der Waals surface area contributed by atoms with Crippen LogP contribution >= 0.6 is 0 Å². The van der Waals surface area contributed by atoms with E-state index in [1.165, 1.54) is 6.20 Å². The molecule has 0 amide bonds. The third-order valence-corrected chi connectivity index (χ3v) is 4.92. The SMILES string of the molecule is CC1C=C(O)C(c2ccc(-c3ccc4[nH]cc(C(=O)O)c4c3)cc2)=C(O)C1. The molecule has 136 valence electrons. The van der Waals surface area contributed by atoms with E-state index in [1.807, 2.05) is 49.4 Å². The van der Waals surface area contributed by atoms with Crippen LogP contribution in [0.3, 0.4) is 0 Å². The molecule has 5 nitrogen and oxygen atoms in total. The fourth-order valence-corrected chi connectivity index (χ4v) is 3.59. The number of aromatic carboxylic acids is 1. The van der Waals surface area contributed by atoms with Gasteiger partial charge in [-0.2, -0.15) is 0 Å². The number of carboxylic acid groups (broad SMARTS) is 1. The molecular formula is C22H19NO4. The number of aliphatic hydroxyl groups is 2. The van der Waals surface area contributed by atoms with Gasteiger partial charge in [-0.05, 0) is 40.8 Å². The van der Waals surface area contributed by atoms with Gasteiger partial charge in [0, 0.05) is 23.5 Å². The van der Waals surface area contributed by atoms with Gasteiger partial charge in [0.05, 0.1) is 11.1 Å². The number of hydrogen-bond acceptors (Lipinski definition) is 3. The van der Waals surface area contributed by atoms with Crippen LogP contribution in [0.15, 0.2) is 66.3 Å². The Kier molecular flexibility index (Phi) is 4.00. The Morgan fingerprint density at radius 1 is 1.04 bits per heavy atom. The Morgan fingerprint density at radius 3 is 2.37 bits per heavy atom. The maximum absolute atomic E-state index is 11.4. The van der Waals surface area contributed by atoms with E-state index in [4.69, 9.17) is 0 Å². The molecule has 1 aromatic heterocycles. The van der Waals surface area contributed by atoms with Crippen molar-refractivity contribution in [1.82, 2.24) is 4.98 Å². The van der Waals surface area contributed by atoms with E-state index in [0.717, 1.165) is 22.2 Å². The molecule has 1 aliphatic rings. The lowest BCUT2D eigenvalue weighted by molar-refractivity contribution is 0.0699. The molecule has 0 spiro atoms. The van der Waals surface area contributed by atoms with Crippen LogP contribution in [0.2, 0.25) is 0 Å². The monoisotopic (exact) mass is 361 g/mol. The molecule has 0 fully saturated rings. The summed E-state index contributed by atoms with van der Waals surface area (Å²) in [5, 5.41) is 30.4. The van der Waals surface area contributed by atoms with E-state index in [-0.39, 0.29) is 23.0 Å². The molecule has 27 heavy (non-hydrogen) atoms. The second-order valence-corrected chi connectivity index (χ2v) is 6.90. The third-order valence-electron chi connectivity index (χ3n) is 4.92. The maximum Gasteiger partial charge on any atom is 0.337 e. The maximum atomic E-state index is 11.4. The molecule has 5 heteroatoms. The lowest BCUT2D eigenvalue weighted by Gasteiger charge is -2.19. The van der Waals surface area contributed by atoms with Gasteiger partial charge in [0.25, 0.3) is 0 Å². The van der Waals surface area contributed by atoms with Gasteiger partial charge in [-0.25, -0.2) is 4.79 Å². The number of aliphatic hydroxyl groups excluding tert-OH is 2. The standard InChI is InChI=1S/C22H19NO4/c1-12-8-19(24)21(20(25)9-12)14-4-2-13(3-5-14)15-6-7-18-16(10-15)17(11-23-18)22(26)27/h2-8,10-12,23-25H,9H2,1H3,(H,26,27). The summed E-state index contributed by atoms with van der Waals surface area (Å²) < 4.78 is 0. The first-order chi connectivity index (χ1) is 12.9. The van der Waals surface area contributed by atoms with Crippen LogP contribution in [0, 0.1) is 5.92 Å². The number of aromatic amines is 1. The fourth-order valence-electron chi connectivity index (χ4n) is 3.59. The first-order valence-corrected chi connectivity index (χ1v) is 8.72.